The van der Waals surface area contributed by atoms with Crippen LogP contribution in [-0.2, 0) is 0 Å². The van der Waals surface area contributed by atoms with Gasteiger partial charge in [-0.3, -0.25) is 0 Å². The van der Waals surface area contributed by atoms with E-state index in [1.54, 1.807) is 25.3 Å². The third-order valence-electron chi connectivity index (χ3n) is 2.48. The Balaban J connectivity index is 2.33. The Morgan fingerprint density at radius 2 is 1.72 bits per heavy atom. The van der Waals surface area contributed by atoms with Crippen LogP contribution in [0.1, 0.15) is 5.56 Å². The first-order valence-corrected chi connectivity index (χ1v) is 5.55. The third kappa shape index (κ3) is 2.66. The Morgan fingerprint density at radius 1 is 1.00 bits per heavy atom. The van der Waals surface area contributed by atoms with Gasteiger partial charge in [0.1, 0.15) is 22.9 Å². The Kier molecular flexibility index (Phi) is 3.57. The Bertz CT molecular complexity index is 580. The number of rotatable bonds is 3. The second-order valence-electron chi connectivity index (χ2n) is 3.86. The van der Waals surface area contributed by atoms with Crippen LogP contribution in [0.15, 0.2) is 52.7 Å². The summed E-state index contributed by atoms with van der Waals surface area (Å²) in [6.07, 6.45) is 0. The maximum absolute atomic E-state index is 9.65. The van der Waals surface area contributed by atoms with E-state index in [1.165, 1.54) is 0 Å². The first-order valence-electron chi connectivity index (χ1n) is 5.55. The average molecular weight is 242 g/mol. The van der Waals surface area contributed by atoms with Crippen LogP contribution in [0.4, 0.5) is 11.4 Å². The summed E-state index contributed by atoms with van der Waals surface area (Å²) in [6, 6.07) is 12.5. The van der Waals surface area contributed by atoms with Gasteiger partial charge in [-0.15, -0.1) is 10.2 Å². The Labute approximate surface area is 106 Å². The monoisotopic (exact) mass is 242 g/mol. The van der Waals surface area contributed by atoms with Crippen molar-refractivity contribution in [3.8, 4) is 11.5 Å². The van der Waals surface area contributed by atoms with Gasteiger partial charge < -0.3 is 9.84 Å². The lowest BCUT2D eigenvalue weighted by Gasteiger charge is -2.02. The lowest BCUT2D eigenvalue weighted by molar-refractivity contribution is 0.416. The number of ether oxygens (including phenoxy) is 1. The van der Waals surface area contributed by atoms with E-state index in [0.29, 0.717) is 17.1 Å². The van der Waals surface area contributed by atoms with Crippen molar-refractivity contribution in [2.24, 2.45) is 10.2 Å². The molecule has 18 heavy (non-hydrogen) atoms. The van der Waals surface area contributed by atoms with Gasteiger partial charge >= 0.3 is 0 Å². The maximum atomic E-state index is 9.65. The topological polar surface area (TPSA) is 54.2 Å². The van der Waals surface area contributed by atoms with E-state index in [0.717, 1.165) is 5.56 Å². The molecule has 0 radical (unpaired) electrons. The number of para-hydroxylation sites is 1. The second-order valence-corrected chi connectivity index (χ2v) is 3.86. The molecule has 1 N–H and O–H groups in total. The fourth-order valence-corrected chi connectivity index (χ4v) is 1.53. The number of aryl methyl sites for hydroxylation is 1. The van der Waals surface area contributed by atoms with Gasteiger partial charge in [-0.05, 0) is 36.8 Å². The quantitative estimate of drug-likeness (QED) is 0.823. The van der Waals surface area contributed by atoms with Crippen molar-refractivity contribution in [2.75, 3.05) is 7.11 Å². The van der Waals surface area contributed by atoms with Crippen LogP contribution in [0, 0.1) is 6.92 Å². The zero-order chi connectivity index (χ0) is 13.0. The molecular formula is C14H14N2O2. The number of hydrogen-bond acceptors (Lipinski definition) is 4. The van der Waals surface area contributed by atoms with E-state index in [2.05, 4.69) is 10.2 Å². The molecule has 2 aromatic carbocycles. The number of phenolic OH excluding ortho intramolecular Hbond substituents is 1. The molecule has 0 saturated heterocycles. The maximum Gasteiger partial charge on any atom is 0.146 e. The molecule has 92 valence electrons. The molecule has 0 amide bonds. The second kappa shape index (κ2) is 5.31. The molecule has 0 aliphatic rings. The molecule has 0 spiro atoms. The molecule has 0 fully saturated rings. The van der Waals surface area contributed by atoms with E-state index < -0.39 is 0 Å². The van der Waals surface area contributed by atoms with Crippen LogP contribution in [0.2, 0.25) is 0 Å². The van der Waals surface area contributed by atoms with E-state index in [1.807, 2.05) is 31.2 Å². The predicted octanol–water partition coefficient (Wildman–Crippen LogP) is 4.12. The summed E-state index contributed by atoms with van der Waals surface area (Å²) in [5, 5.41) is 17.8. The number of hydrogen-bond donors (Lipinski definition) is 1. The summed E-state index contributed by atoms with van der Waals surface area (Å²) >= 11 is 0. The number of phenols is 1. The van der Waals surface area contributed by atoms with Crippen molar-refractivity contribution in [1.82, 2.24) is 0 Å². The molecule has 0 atom stereocenters. The molecular weight excluding hydrogens is 228 g/mol. The van der Waals surface area contributed by atoms with Crippen molar-refractivity contribution in [1.29, 1.82) is 0 Å². The molecule has 0 aliphatic carbocycles. The molecule has 2 aromatic rings. The van der Waals surface area contributed by atoms with E-state index in [4.69, 9.17) is 4.74 Å². The van der Waals surface area contributed by atoms with Gasteiger partial charge in [0.05, 0.1) is 7.11 Å². The number of methoxy groups -OCH3 is 1. The zero-order valence-electron chi connectivity index (χ0n) is 10.3. The predicted molar refractivity (Wildman–Crippen MR) is 70.0 cm³/mol. The average Bonchev–Trinajstić information content (AvgIpc) is 2.40. The number of nitrogens with zero attached hydrogens (tertiary/aromatic N) is 2. The van der Waals surface area contributed by atoms with Gasteiger partial charge in [0.2, 0.25) is 0 Å². The smallest absolute Gasteiger partial charge is 0.146 e. The van der Waals surface area contributed by atoms with Gasteiger partial charge in [-0.1, -0.05) is 18.2 Å². The van der Waals surface area contributed by atoms with E-state index in [9.17, 15) is 5.11 Å². The number of benzene rings is 2. The highest BCUT2D eigenvalue weighted by atomic mass is 16.5. The van der Waals surface area contributed by atoms with Crippen LogP contribution in [0.5, 0.6) is 11.5 Å². The van der Waals surface area contributed by atoms with Crippen molar-refractivity contribution in [3.05, 3.63) is 48.0 Å². The molecule has 4 nitrogen and oxygen atoms in total. The molecule has 0 aliphatic heterocycles. The summed E-state index contributed by atoms with van der Waals surface area (Å²) in [7, 11) is 1.58. The molecule has 2 rings (SSSR count). The minimum absolute atomic E-state index is 0.110. The first-order chi connectivity index (χ1) is 8.70. The molecule has 0 saturated carbocycles. The largest absolute Gasteiger partial charge is 0.506 e. The normalized spacial score (nSPS) is 10.8. The summed E-state index contributed by atoms with van der Waals surface area (Å²) < 4.78 is 5.17. The van der Waals surface area contributed by atoms with Gasteiger partial charge in [-0.25, -0.2) is 0 Å². The van der Waals surface area contributed by atoms with Gasteiger partial charge in [0.15, 0.2) is 0 Å². The Morgan fingerprint density at radius 3 is 2.50 bits per heavy atom. The summed E-state index contributed by atoms with van der Waals surface area (Å²) in [4.78, 5) is 0. The summed E-state index contributed by atoms with van der Waals surface area (Å²) in [5.41, 5.74) is 2.09. The lowest BCUT2D eigenvalue weighted by Crippen LogP contribution is -1.81. The lowest BCUT2D eigenvalue weighted by atomic mass is 10.2. The Hall–Kier alpha value is -2.36. The molecule has 0 unspecified atom stereocenters. The van der Waals surface area contributed by atoms with E-state index >= 15 is 0 Å². The number of aromatic hydroxyl groups is 1. The van der Waals surface area contributed by atoms with Crippen molar-refractivity contribution < 1.29 is 9.84 Å². The first kappa shape index (κ1) is 12.1. The van der Waals surface area contributed by atoms with Crippen LogP contribution in [0.3, 0.4) is 0 Å². The van der Waals surface area contributed by atoms with E-state index in [-0.39, 0.29) is 5.75 Å². The van der Waals surface area contributed by atoms with Gasteiger partial charge in [0.25, 0.3) is 0 Å². The fourth-order valence-electron chi connectivity index (χ4n) is 1.53. The van der Waals surface area contributed by atoms with Crippen LogP contribution < -0.4 is 4.74 Å². The van der Waals surface area contributed by atoms with Crippen molar-refractivity contribution >= 4 is 11.4 Å². The minimum Gasteiger partial charge on any atom is -0.506 e. The van der Waals surface area contributed by atoms with Crippen LogP contribution in [-0.4, -0.2) is 12.2 Å². The van der Waals surface area contributed by atoms with Crippen molar-refractivity contribution in [2.45, 2.75) is 6.92 Å². The molecule has 4 heteroatoms. The van der Waals surface area contributed by atoms with Crippen LogP contribution in [0.25, 0.3) is 0 Å². The third-order valence-corrected chi connectivity index (χ3v) is 2.48. The highest BCUT2D eigenvalue weighted by Gasteiger charge is 2.02. The SMILES string of the molecule is COc1ccccc1N=Nc1cc(C)ccc1O. The number of azo groups is 1. The standard InChI is InChI=1S/C14H14N2O2/c1-10-7-8-13(17)12(9-10)16-15-11-5-3-4-6-14(11)18-2/h3-9,17H,1-2H3. The molecule has 0 heterocycles. The van der Waals surface area contributed by atoms with Crippen molar-refractivity contribution in [3.63, 3.8) is 0 Å². The molecule has 0 aromatic heterocycles. The summed E-state index contributed by atoms with van der Waals surface area (Å²) in [5.74, 6) is 0.757. The minimum atomic E-state index is 0.110. The van der Waals surface area contributed by atoms with Crippen LogP contribution >= 0.6 is 0 Å². The van der Waals surface area contributed by atoms with Gasteiger partial charge in [-0.2, -0.15) is 0 Å². The highest BCUT2D eigenvalue weighted by Crippen LogP contribution is 2.32. The summed E-state index contributed by atoms with van der Waals surface area (Å²) in [6.45, 7) is 1.93. The molecule has 0 bridgehead atoms. The fraction of sp³-hybridized carbons (Fsp3) is 0.143. The highest BCUT2D eigenvalue weighted by molar-refractivity contribution is 5.54. The zero-order valence-corrected chi connectivity index (χ0v) is 10.3. The van der Waals surface area contributed by atoms with Gasteiger partial charge in [0, 0.05) is 0 Å².